The fourth-order valence-electron chi connectivity index (χ4n) is 14.7. The number of rotatable bonds is 8. The van der Waals surface area contributed by atoms with Crippen molar-refractivity contribution >= 4 is 21.7 Å². The number of aliphatic carboxylic acids is 1. The van der Waals surface area contributed by atoms with E-state index in [0.717, 1.165) is 44.9 Å². The molecule has 7 rings (SSSR count). The molecule has 2 N–H and O–H groups in total. The Bertz CT molecular complexity index is 1690. The number of fused-ring (bicyclic) bond motifs is 7. The minimum absolute atomic E-state index is 0.0599. The van der Waals surface area contributed by atoms with Gasteiger partial charge in [0.15, 0.2) is 9.84 Å². The summed E-state index contributed by atoms with van der Waals surface area (Å²) in [5.74, 6) is 1.78. The van der Waals surface area contributed by atoms with Gasteiger partial charge in [-0.15, -0.1) is 0 Å². The van der Waals surface area contributed by atoms with E-state index < -0.39 is 27.9 Å². The Morgan fingerprint density at radius 1 is 0.925 bits per heavy atom. The Morgan fingerprint density at radius 3 is 2.26 bits per heavy atom. The molecule has 7 nitrogen and oxygen atoms in total. The van der Waals surface area contributed by atoms with Crippen molar-refractivity contribution < 1.29 is 27.5 Å². The summed E-state index contributed by atoms with van der Waals surface area (Å²) in [6, 6.07) is 0. The summed E-state index contributed by atoms with van der Waals surface area (Å²) >= 11 is 0. The van der Waals surface area contributed by atoms with Gasteiger partial charge in [0, 0.05) is 26.2 Å². The van der Waals surface area contributed by atoms with E-state index in [2.05, 4.69) is 70.5 Å². The van der Waals surface area contributed by atoms with Crippen LogP contribution in [-0.4, -0.2) is 74.7 Å². The van der Waals surface area contributed by atoms with Gasteiger partial charge in [0.1, 0.15) is 6.67 Å². The van der Waals surface area contributed by atoms with Gasteiger partial charge in [-0.05, 0) is 146 Å². The number of sulfone groups is 1. The molecule has 10 unspecified atom stereocenters. The first kappa shape index (κ1) is 39.2. The maximum Gasteiger partial charge on any atom is 0.312 e. The molecule has 4 saturated carbocycles. The molecule has 1 aliphatic heterocycles. The van der Waals surface area contributed by atoms with Crippen LogP contribution in [0, 0.1) is 62.1 Å². The van der Waals surface area contributed by atoms with E-state index in [9.17, 15) is 27.5 Å². The first-order valence-corrected chi connectivity index (χ1v) is 22.7. The van der Waals surface area contributed by atoms with Crippen molar-refractivity contribution in [3.8, 4) is 0 Å². The number of halogens is 1. The number of carboxylic acids is 1. The monoisotopic (exact) mass is 754 g/mol. The van der Waals surface area contributed by atoms with Crippen LogP contribution in [0.25, 0.3) is 0 Å². The fourth-order valence-corrected chi connectivity index (χ4v) is 16.0. The summed E-state index contributed by atoms with van der Waals surface area (Å²) in [7, 11) is -2.93. The zero-order valence-corrected chi connectivity index (χ0v) is 34.3. The zero-order valence-electron chi connectivity index (χ0n) is 33.5. The van der Waals surface area contributed by atoms with Crippen LogP contribution in [0.3, 0.4) is 0 Å². The molecule has 1 saturated heterocycles. The molecular weight excluding hydrogens is 688 g/mol. The Kier molecular flexibility index (Phi) is 9.85. The molecule has 1 amide bonds. The van der Waals surface area contributed by atoms with E-state index in [0.29, 0.717) is 62.7 Å². The van der Waals surface area contributed by atoms with Crippen LogP contribution >= 0.6 is 0 Å². The highest BCUT2D eigenvalue weighted by Gasteiger charge is 2.71. The van der Waals surface area contributed by atoms with Crippen LogP contribution in [0.5, 0.6) is 0 Å². The molecule has 0 radical (unpaired) electrons. The molecule has 9 heteroatoms. The summed E-state index contributed by atoms with van der Waals surface area (Å²) in [6.45, 7) is 20.9. The fraction of sp³-hybridized carbons (Fsp3) is 0.818. The molecule has 0 aromatic carbocycles. The zero-order chi connectivity index (χ0) is 38.4. The van der Waals surface area contributed by atoms with E-state index >= 15 is 0 Å². The summed E-state index contributed by atoms with van der Waals surface area (Å²) < 4.78 is 37.9. The third-order valence-corrected chi connectivity index (χ3v) is 19.5. The van der Waals surface area contributed by atoms with Crippen molar-refractivity contribution in [3.05, 3.63) is 35.5 Å². The quantitative estimate of drug-likeness (QED) is 0.243. The number of hydrogen-bond donors (Lipinski definition) is 2. The first-order valence-electron chi connectivity index (χ1n) is 20.9. The topological polar surface area (TPSA) is 104 Å². The second-order valence-corrected chi connectivity index (χ2v) is 22.6. The first-order chi connectivity index (χ1) is 24.8. The van der Waals surface area contributed by atoms with Gasteiger partial charge in [0.05, 0.1) is 22.3 Å². The van der Waals surface area contributed by atoms with Gasteiger partial charge in [-0.2, -0.15) is 0 Å². The van der Waals surface area contributed by atoms with Crippen molar-refractivity contribution in [2.75, 3.05) is 44.4 Å². The Labute approximate surface area is 319 Å². The van der Waals surface area contributed by atoms with Crippen LogP contribution in [0.4, 0.5) is 4.39 Å². The lowest BCUT2D eigenvalue weighted by Gasteiger charge is -2.72. The molecule has 0 aromatic rings. The van der Waals surface area contributed by atoms with Gasteiger partial charge in [0.2, 0.25) is 5.91 Å². The van der Waals surface area contributed by atoms with E-state index in [1.54, 1.807) is 0 Å². The average molecular weight is 755 g/mol. The smallest absolute Gasteiger partial charge is 0.312 e. The number of carbonyl (C=O) groups is 2. The van der Waals surface area contributed by atoms with Gasteiger partial charge in [-0.25, -0.2) is 12.8 Å². The Hall–Kier alpha value is -2.00. The van der Waals surface area contributed by atoms with Gasteiger partial charge >= 0.3 is 5.97 Å². The predicted molar refractivity (Wildman–Crippen MR) is 209 cm³/mol. The standard InChI is InChI=1S/C44H67FN2O5S/c1-29(2)31-12-19-44(37(48)46-22-23-47-24-26-53(51,52)27-25-47)21-20-41(6)33(36(31)44)8-9-35-40(5)15-13-32(39(3,4)34(40)14-16-42(35,41)7)30-10-17-43(28-45,18-11-30)38(49)50/h10,13,31,33-36H,1,8-9,11-12,14-28H2,2-7H3,(H,46,48)(H,49,50). The maximum atomic E-state index is 14.5. The van der Waals surface area contributed by atoms with Crippen molar-refractivity contribution in [1.82, 2.24) is 10.2 Å². The van der Waals surface area contributed by atoms with Crippen molar-refractivity contribution in [1.29, 1.82) is 0 Å². The van der Waals surface area contributed by atoms with Crippen LogP contribution < -0.4 is 5.32 Å². The molecule has 5 fully saturated rings. The maximum absolute atomic E-state index is 14.5. The number of allylic oxidation sites excluding steroid dienone is 5. The van der Waals surface area contributed by atoms with Gasteiger partial charge in [-0.1, -0.05) is 58.9 Å². The molecule has 10 atom stereocenters. The third-order valence-electron chi connectivity index (χ3n) is 17.9. The minimum atomic E-state index is -2.93. The van der Waals surface area contributed by atoms with E-state index in [1.165, 1.54) is 29.6 Å². The lowest BCUT2D eigenvalue weighted by atomic mass is 9.32. The summed E-state index contributed by atoms with van der Waals surface area (Å²) in [4.78, 5) is 28.7. The number of alkyl halides is 1. The number of amides is 1. The highest BCUT2D eigenvalue weighted by Crippen LogP contribution is 2.77. The second-order valence-electron chi connectivity index (χ2n) is 20.3. The minimum Gasteiger partial charge on any atom is -0.481 e. The molecular formula is C44H67FN2O5S. The van der Waals surface area contributed by atoms with E-state index in [1.807, 2.05) is 0 Å². The SMILES string of the molecule is C=C(C)C1CCC2(C(=O)NCCN3CCS(=O)(=O)CC3)CCC3(C)C(CCC4C5(C)CC=C(C6=CCC(CF)(C(=O)O)CC6)C(C)(C)C5CCC43C)C12. The molecule has 0 spiro atoms. The number of carbonyl (C=O) groups excluding carboxylic acids is 1. The number of nitrogens with zero attached hydrogens (tertiary/aromatic N) is 1. The highest BCUT2D eigenvalue weighted by molar-refractivity contribution is 7.91. The lowest BCUT2D eigenvalue weighted by Crippen LogP contribution is -2.66. The second kappa shape index (κ2) is 13.3. The number of carboxylic acid groups (broad SMARTS) is 1. The van der Waals surface area contributed by atoms with Crippen LogP contribution in [0.15, 0.2) is 35.5 Å². The average Bonchev–Trinajstić information content (AvgIpc) is 3.50. The van der Waals surface area contributed by atoms with Crippen molar-refractivity contribution in [2.45, 2.75) is 119 Å². The molecule has 0 aromatic heterocycles. The molecule has 296 valence electrons. The third kappa shape index (κ3) is 5.88. The molecule has 7 aliphatic rings. The van der Waals surface area contributed by atoms with Crippen molar-refractivity contribution in [2.24, 2.45) is 62.1 Å². The summed E-state index contributed by atoms with van der Waals surface area (Å²) in [6.07, 6.45) is 15.4. The largest absolute Gasteiger partial charge is 0.481 e. The Morgan fingerprint density at radius 2 is 1.64 bits per heavy atom. The summed E-state index contributed by atoms with van der Waals surface area (Å²) in [5, 5.41) is 13.2. The normalized spacial score (nSPS) is 44.6. The number of hydrogen-bond acceptors (Lipinski definition) is 5. The summed E-state index contributed by atoms with van der Waals surface area (Å²) in [5.41, 5.74) is 2.52. The number of nitrogens with one attached hydrogen (secondary N) is 1. The van der Waals surface area contributed by atoms with Gasteiger partial charge in [0.25, 0.3) is 0 Å². The predicted octanol–water partition coefficient (Wildman–Crippen LogP) is 8.18. The van der Waals surface area contributed by atoms with Gasteiger partial charge < -0.3 is 10.4 Å². The highest BCUT2D eigenvalue weighted by atomic mass is 32.2. The lowest BCUT2D eigenvalue weighted by molar-refractivity contribution is -0.226. The Balaban J connectivity index is 1.13. The molecule has 1 heterocycles. The van der Waals surface area contributed by atoms with E-state index in [4.69, 9.17) is 0 Å². The molecule has 6 aliphatic carbocycles. The molecule has 0 bridgehead atoms. The van der Waals surface area contributed by atoms with Crippen LogP contribution in [0.1, 0.15) is 119 Å². The van der Waals surface area contributed by atoms with Crippen LogP contribution in [-0.2, 0) is 19.4 Å². The van der Waals surface area contributed by atoms with Crippen LogP contribution in [0.2, 0.25) is 0 Å². The van der Waals surface area contributed by atoms with Gasteiger partial charge in [-0.3, -0.25) is 14.5 Å². The molecule has 53 heavy (non-hydrogen) atoms. The van der Waals surface area contributed by atoms with E-state index in [-0.39, 0.29) is 56.8 Å². The van der Waals surface area contributed by atoms with Crippen molar-refractivity contribution in [3.63, 3.8) is 0 Å².